The van der Waals surface area contributed by atoms with Gasteiger partial charge in [0.1, 0.15) is 7.05 Å². The monoisotopic (exact) mass is 423 g/mol. The van der Waals surface area contributed by atoms with E-state index in [2.05, 4.69) is 121 Å². The molecule has 4 aromatic rings. The average molecular weight is 424 g/mol. The van der Waals surface area contributed by atoms with Gasteiger partial charge in [0.15, 0.2) is 6.20 Å². The van der Waals surface area contributed by atoms with Crippen molar-refractivity contribution in [3.63, 3.8) is 0 Å². The van der Waals surface area contributed by atoms with E-state index < -0.39 is 0 Å². The van der Waals surface area contributed by atoms with Gasteiger partial charge in [-0.05, 0) is 60.1 Å². The van der Waals surface area contributed by atoms with E-state index in [1.165, 1.54) is 44.3 Å². The molecule has 0 aliphatic carbocycles. The zero-order valence-electron chi connectivity index (χ0n) is 20.7. The molecule has 0 radical (unpaired) electrons. The van der Waals surface area contributed by atoms with Crippen molar-refractivity contribution < 1.29 is 4.57 Å². The number of rotatable bonds is 3. The van der Waals surface area contributed by atoms with Gasteiger partial charge in [-0.15, -0.1) is 0 Å². The Morgan fingerprint density at radius 1 is 0.938 bits per heavy atom. The van der Waals surface area contributed by atoms with Crippen LogP contribution in [0.5, 0.6) is 0 Å². The molecule has 0 fully saturated rings. The quantitative estimate of drug-likeness (QED) is 0.313. The number of aromatic nitrogens is 2. The molecule has 0 spiro atoms. The molecule has 0 saturated carbocycles. The lowest BCUT2D eigenvalue weighted by Crippen LogP contribution is -2.32. The fourth-order valence-electron chi connectivity index (χ4n) is 4.46. The Hall–Kier alpha value is -3.00. The lowest BCUT2D eigenvalue weighted by Gasteiger charge is -2.22. The first-order valence-electron chi connectivity index (χ1n) is 11.6. The predicted molar refractivity (Wildman–Crippen MR) is 136 cm³/mol. The lowest BCUT2D eigenvalue weighted by molar-refractivity contribution is -0.658. The van der Waals surface area contributed by atoms with E-state index in [0.717, 1.165) is 11.3 Å². The molecule has 2 nitrogen and oxygen atoms in total. The van der Waals surface area contributed by atoms with E-state index in [0.29, 0.717) is 5.92 Å². The fraction of sp³-hybridized carbons (Fsp3) is 0.333. The van der Waals surface area contributed by atoms with Crippen molar-refractivity contribution in [2.45, 2.75) is 59.8 Å². The lowest BCUT2D eigenvalue weighted by atomic mass is 9.82. The highest BCUT2D eigenvalue weighted by Gasteiger charge is 2.26. The number of nitrogens with zero attached hydrogens (tertiary/aromatic N) is 2. The maximum absolute atomic E-state index is 4.81. The van der Waals surface area contributed by atoms with Crippen LogP contribution in [-0.4, -0.2) is 4.98 Å². The Labute approximate surface area is 193 Å². The molecule has 32 heavy (non-hydrogen) atoms. The summed E-state index contributed by atoms with van der Waals surface area (Å²) in [5.41, 5.74) is 10.2. The molecule has 0 saturated heterocycles. The van der Waals surface area contributed by atoms with Gasteiger partial charge in [-0.1, -0.05) is 65.0 Å². The first-order chi connectivity index (χ1) is 15.1. The van der Waals surface area contributed by atoms with Crippen molar-refractivity contribution in [1.29, 1.82) is 0 Å². The Kier molecular flexibility index (Phi) is 5.67. The molecule has 2 heteroatoms. The van der Waals surface area contributed by atoms with Gasteiger partial charge < -0.3 is 0 Å². The minimum Gasteiger partial charge on any atom is -0.260 e. The summed E-state index contributed by atoms with van der Waals surface area (Å²) in [6.07, 6.45) is 4.30. The molecule has 0 aliphatic heterocycles. The van der Waals surface area contributed by atoms with Gasteiger partial charge >= 0.3 is 0 Å². The van der Waals surface area contributed by atoms with Crippen LogP contribution in [0.3, 0.4) is 0 Å². The summed E-state index contributed by atoms with van der Waals surface area (Å²) in [5.74, 6) is 0.417. The van der Waals surface area contributed by atoms with Gasteiger partial charge in [0.25, 0.3) is 0 Å². The standard InChI is InChI=1S/C30H35N2/c1-19(2)27-14-13-22(17-31-27)28-25-12-10-9-11-23(25)18-32(8)29(28)26-16-24(30(5,6)7)15-20(3)21(26)4/h9-19H,1-8H3/q+1. The number of aryl methyl sites for hydroxylation is 2. The number of hydrogen-bond acceptors (Lipinski definition) is 1. The van der Waals surface area contributed by atoms with Gasteiger partial charge in [-0.2, -0.15) is 4.57 Å². The van der Waals surface area contributed by atoms with Crippen LogP contribution in [0.25, 0.3) is 33.2 Å². The molecule has 0 atom stereocenters. The second kappa shape index (κ2) is 8.16. The topological polar surface area (TPSA) is 16.8 Å². The van der Waals surface area contributed by atoms with Crippen LogP contribution in [0, 0.1) is 13.8 Å². The molecule has 2 aromatic heterocycles. The van der Waals surface area contributed by atoms with Gasteiger partial charge in [-0.3, -0.25) is 4.98 Å². The van der Waals surface area contributed by atoms with Crippen molar-refractivity contribution in [3.8, 4) is 22.4 Å². The van der Waals surface area contributed by atoms with Crippen LogP contribution < -0.4 is 4.57 Å². The summed E-state index contributed by atoms with van der Waals surface area (Å²) in [4.78, 5) is 4.81. The molecule has 4 rings (SSSR count). The van der Waals surface area contributed by atoms with Crippen LogP contribution in [0.2, 0.25) is 0 Å². The molecule has 0 amide bonds. The van der Waals surface area contributed by atoms with E-state index in [9.17, 15) is 0 Å². The zero-order chi connectivity index (χ0) is 23.2. The summed E-state index contributed by atoms with van der Waals surface area (Å²) < 4.78 is 2.29. The van der Waals surface area contributed by atoms with Crippen LogP contribution in [0.1, 0.15) is 62.9 Å². The fourth-order valence-corrected chi connectivity index (χ4v) is 4.46. The number of hydrogen-bond donors (Lipinski definition) is 0. The van der Waals surface area contributed by atoms with E-state index in [1.807, 2.05) is 0 Å². The molecule has 0 bridgehead atoms. The molecule has 164 valence electrons. The number of benzene rings is 2. The van der Waals surface area contributed by atoms with Gasteiger partial charge in [0, 0.05) is 28.2 Å². The van der Waals surface area contributed by atoms with Crippen molar-refractivity contribution in [2.24, 2.45) is 7.05 Å². The normalized spacial score (nSPS) is 12.0. The third kappa shape index (κ3) is 3.95. The summed E-state index contributed by atoms with van der Waals surface area (Å²) in [5, 5.41) is 2.50. The van der Waals surface area contributed by atoms with Crippen molar-refractivity contribution in [2.75, 3.05) is 0 Å². The summed E-state index contributed by atoms with van der Waals surface area (Å²) in [7, 11) is 2.17. The third-order valence-electron chi connectivity index (χ3n) is 6.61. The molecular weight excluding hydrogens is 388 g/mol. The predicted octanol–water partition coefficient (Wildman–Crippen LogP) is 7.43. The van der Waals surface area contributed by atoms with Crippen molar-refractivity contribution in [3.05, 3.63) is 83.3 Å². The second-order valence-electron chi connectivity index (χ2n) is 10.4. The van der Waals surface area contributed by atoms with Gasteiger partial charge in [0.2, 0.25) is 5.69 Å². The zero-order valence-corrected chi connectivity index (χ0v) is 20.7. The van der Waals surface area contributed by atoms with E-state index in [1.54, 1.807) is 0 Å². The first kappa shape index (κ1) is 22.2. The van der Waals surface area contributed by atoms with Crippen LogP contribution >= 0.6 is 0 Å². The van der Waals surface area contributed by atoms with Crippen molar-refractivity contribution >= 4 is 10.8 Å². The average Bonchev–Trinajstić information content (AvgIpc) is 2.74. The second-order valence-corrected chi connectivity index (χ2v) is 10.4. The van der Waals surface area contributed by atoms with Crippen LogP contribution in [0.4, 0.5) is 0 Å². The van der Waals surface area contributed by atoms with Crippen molar-refractivity contribution in [1.82, 2.24) is 4.98 Å². The first-order valence-corrected chi connectivity index (χ1v) is 11.6. The number of fused-ring (bicyclic) bond motifs is 1. The Morgan fingerprint density at radius 2 is 1.66 bits per heavy atom. The van der Waals surface area contributed by atoms with E-state index in [-0.39, 0.29) is 5.41 Å². The molecule has 2 heterocycles. The largest absolute Gasteiger partial charge is 0.260 e. The number of pyridine rings is 2. The van der Waals surface area contributed by atoms with E-state index in [4.69, 9.17) is 4.98 Å². The minimum atomic E-state index is 0.0866. The minimum absolute atomic E-state index is 0.0866. The molecule has 0 aliphatic rings. The molecule has 0 unspecified atom stereocenters. The maximum Gasteiger partial charge on any atom is 0.221 e. The Balaban J connectivity index is 2.10. The Bertz CT molecular complexity index is 1290. The molecule has 0 N–H and O–H groups in total. The van der Waals surface area contributed by atoms with Gasteiger partial charge in [-0.25, -0.2) is 0 Å². The van der Waals surface area contributed by atoms with Crippen LogP contribution in [-0.2, 0) is 12.5 Å². The highest BCUT2D eigenvalue weighted by molar-refractivity contribution is 6.01. The third-order valence-corrected chi connectivity index (χ3v) is 6.61. The SMILES string of the molecule is Cc1cc(C(C)(C)C)cc(-c2c(-c3ccc(C(C)C)nc3)c3ccccc3c[n+]2C)c1C. The highest BCUT2D eigenvalue weighted by Crippen LogP contribution is 2.39. The van der Waals surface area contributed by atoms with Gasteiger partial charge in [0.05, 0.1) is 11.1 Å². The molecule has 2 aromatic carbocycles. The smallest absolute Gasteiger partial charge is 0.221 e. The maximum atomic E-state index is 4.81. The van der Waals surface area contributed by atoms with E-state index >= 15 is 0 Å². The summed E-state index contributed by atoms with van der Waals surface area (Å²) >= 11 is 0. The molecular formula is C30H35N2+. The van der Waals surface area contributed by atoms with Crippen LogP contribution in [0.15, 0.2) is 60.9 Å². The summed E-state index contributed by atoms with van der Waals surface area (Å²) in [6.45, 7) is 15.7. The highest BCUT2D eigenvalue weighted by atomic mass is 14.9. The Morgan fingerprint density at radius 3 is 2.28 bits per heavy atom. The summed E-state index contributed by atoms with van der Waals surface area (Å²) in [6, 6.07) is 17.8.